The zero-order valence-electron chi connectivity index (χ0n) is 16.2. The van der Waals surface area contributed by atoms with E-state index in [1.54, 1.807) is 17.1 Å². The van der Waals surface area contributed by atoms with Crippen LogP contribution in [0.1, 0.15) is 24.8 Å². The SMILES string of the molecule is NC(=O)C1C=CC(S(=O)(=O)N2CCC(N3C(=O)OCc4cc(Br)ccc43)CC2)=CC1. The van der Waals surface area contributed by atoms with E-state index in [9.17, 15) is 18.0 Å². The molecule has 1 saturated heterocycles. The summed E-state index contributed by atoms with van der Waals surface area (Å²) in [5, 5.41) is 0. The number of sulfonamides is 1. The Morgan fingerprint density at radius 1 is 1.23 bits per heavy atom. The Hall–Kier alpha value is -2.17. The van der Waals surface area contributed by atoms with Gasteiger partial charge in [0.1, 0.15) is 6.61 Å². The highest BCUT2D eigenvalue weighted by Gasteiger charge is 2.37. The summed E-state index contributed by atoms with van der Waals surface area (Å²) in [6, 6.07) is 5.55. The van der Waals surface area contributed by atoms with Crippen molar-refractivity contribution >= 4 is 43.6 Å². The van der Waals surface area contributed by atoms with Crippen molar-refractivity contribution < 1.29 is 22.7 Å². The highest BCUT2D eigenvalue weighted by molar-refractivity contribution is 9.10. The van der Waals surface area contributed by atoms with Crippen molar-refractivity contribution in [1.82, 2.24) is 4.31 Å². The topological polar surface area (TPSA) is 110 Å². The summed E-state index contributed by atoms with van der Waals surface area (Å²) in [6.07, 6.45) is 5.43. The van der Waals surface area contributed by atoms with E-state index < -0.39 is 27.9 Å². The van der Waals surface area contributed by atoms with Crippen LogP contribution < -0.4 is 10.6 Å². The Balaban J connectivity index is 1.46. The fourth-order valence-corrected chi connectivity index (χ4v) is 6.01. The van der Waals surface area contributed by atoms with Crippen molar-refractivity contribution in [3.8, 4) is 0 Å². The molecule has 3 aliphatic rings. The average Bonchev–Trinajstić information content (AvgIpc) is 2.74. The van der Waals surface area contributed by atoms with Gasteiger partial charge in [0.15, 0.2) is 0 Å². The first-order valence-corrected chi connectivity index (χ1v) is 11.9. The quantitative estimate of drug-likeness (QED) is 0.690. The van der Waals surface area contributed by atoms with Gasteiger partial charge >= 0.3 is 6.09 Å². The number of hydrogen-bond acceptors (Lipinski definition) is 5. The van der Waals surface area contributed by atoms with E-state index in [-0.39, 0.29) is 24.0 Å². The first-order chi connectivity index (χ1) is 14.3. The molecular formula is C20H22BrN3O5S. The number of benzene rings is 1. The van der Waals surface area contributed by atoms with Crippen molar-refractivity contribution in [2.75, 3.05) is 18.0 Å². The maximum Gasteiger partial charge on any atom is 0.414 e. The van der Waals surface area contributed by atoms with Crippen LogP contribution >= 0.6 is 15.9 Å². The van der Waals surface area contributed by atoms with Crippen molar-refractivity contribution in [1.29, 1.82) is 0 Å². The molecule has 1 aromatic carbocycles. The second-order valence-corrected chi connectivity index (χ2v) is 10.4. The van der Waals surface area contributed by atoms with E-state index in [0.29, 0.717) is 25.9 Å². The third-order valence-corrected chi connectivity index (χ3v) is 8.14. The number of cyclic esters (lactones) is 1. The average molecular weight is 496 g/mol. The third kappa shape index (κ3) is 3.91. The molecule has 160 valence electrons. The lowest BCUT2D eigenvalue weighted by Gasteiger charge is -2.40. The lowest BCUT2D eigenvalue weighted by Crippen LogP contribution is -2.50. The summed E-state index contributed by atoms with van der Waals surface area (Å²) in [4.78, 5) is 25.6. The van der Waals surface area contributed by atoms with Crippen LogP contribution in [0.3, 0.4) is 0 Å². The molecule has 1 unspecified atom stereocenters. The summed E-state index contributed by atoms with van der Waals surface area (Å²) < 4.78 is 33.6. The Kier molecular flexibility index (Phi) is 5.73. The monoisotopic (exact) mass is 495 g/mol. The highest BCUT2D eigenvalue weighted by Crippen LogP contribution is 2.34. The van der Waals surface area contributed by atoms with Crippen LogP contribution in [0.15, 0.2) is 45.8 Å². The maximum atomic E-state index is 13.0. The number of ether oxygens (including phenoxy) is 1. The van der Waals surface area contributed by atoms with Crippen molar-refractivity contribution in [3.05, 3.63) is 51.4 Å². The molecule has 10 heteroatoms. The summed E-state index contributed by atoms with van der Waals surface area (Å²) in [5.74, 6) is -0.944. The zero-order chi connectivity index (χ0) is 21.5. The van der Waals surface area contributed by atoms with Gasteiger partial charge < -0.3 is 10.5 Å². The molecule has 4 rings (SSSR count). The second kappa shape index (κ2) is 8.16. The molecule has 0 spiro atoms. The van der Waals surface area contributed by atoms with Crippen LogP contribution in [0, 0.1) is 5.92 Å². The smallest absolute Gasteiger partial charge is 0.414 e. The summed E-state index contributed by atoms with van der Waals surface area (Å²) in [6.45, 7) is 0.824. The van der Waals surface area contributed by atoms with Gasteiger partial charge in [0, 0.05) is 29.2 Å². The minimum absolute atomic E-state index is 0.140. The minimum Gasteiger partial charge on any atom is -0.444 e. The number of nitrogens with two attached hydrogens (primary N) is 1. The molecule has 30 heavy (non-hydrogen) atoms. The number of piperidine rings is 1. The first-order valence-electron chi connectivity index (χ1n) is 9.69. The number of rotatable bonds is 4. The largest absolute Gasteiger partial charge is 0.444 e. The molecule has 1 aromatic rings. The Morgan fingerprint density at radius 3 is 2.60 bits per heavy atom. The van der Waals surface area contributed by atoms with Crippen LogP contribution in [-0.4, -0.2) is 43.9 Å². The van der Waals surface area contributed by atoms with Gasteiger partial charge in [0.2, 0.25) is 15.9 Å². The highest BCUT2D eigenvalue weighted by atomic mass is 79.9. The Morgan fingerprint density at radius 2 is 1.97 bits per heavy atom. The summed E-state index contributed by atoms with van der Waals surface area (Å²) in [7, 11) is -3.65. The van der Waals surface area contributed by atoms with Crippen LogP contribution in [-0.2, 0) is 26.2 Å². The number of primary amides is 1. The molecule has 2 amide bonds. The normalized spacial score (nSPS) is 23.0. The molecule has 0 radical (unpaired) electrons. The summed E-state index contributed by atoms with van der Waals surface area (Å²) >= 11 is 3.43. The van der Waals surface area contributed by atoms with Crippen molar-refractivity contribution in [2.45, 2.75) is 31.9 Å². The van der Waals surface area contributed by atoms with Gasteiger partial charge in [-0.1, -0.05) is 28.1 Å². The van der Waals surface area contributed by atoms with E-state index in [2.05, 4.69) is 15.9 Å². The van der Waals surface area contributed by atoms with E-state index in [1.807, 2.05) is 18.2 Å². The zero-order valence-corrected chi connectivity index (χ0v) is 18.6. The molecule has 1 fully saturated rings. The molecule has 2 N–H and O–H groups in total. The number of fused-ring (bicyclic) bond motifs is 1. The van der Waals surface area contributed by atoms with Gasteiger partial charge in [-0.25, -0.2) is 13.2 Å². The molecule has 0 saturated carbocycles. The summed E-state index contributed by atoms with van der Waals surface area (Å²) in [5.41, 5.74) is 7.01. The van der Waals surface area contributed by atoms with Gasteiger partial charge in [-0.05, 0) is 43.5 Å². The van der Waals surface area contributed by atoms with Crippen LogP contribution in [0.25, 0.3) is 0 Å². The molecule has 0 aromatic heterocycles. The fourth-order valence-electron chi connectivity index (χ4n) is 4.05. The third-order valence-electron chi connectivity index (χ3n) is 5.71. The van der Waals surface area contributed by atoms with Gasteiger partial charge in [-0.3, -0.25) is 9.69 Å². The van der Waals surface area contributed by atoms with Gasteiger partial charge in [-0.2, -0.15) is 4.31 Å². The number of hydrogen-bond donors (Lipinski definition) is 1. The van der Waals surface area contributed by atoms with E-state index >= 15 is 0 Å². The minimum atomic E-state index is -3.65. The number of allylic oxidation sites excluding steroid dienone is 2. The number of carbonyl (C=O) groups is 2. The van der Waals surface area contributed by atoms with Crippen molar-refractivity contribution in [2.24, 2.45) is 11.7 Å². The van der Waals surface area contributed by atoms with Crippen LogP contribution in [0.2, 0.25) is 0 Å². The number of carbonyl (C=O) groups excluding carboxylic acids is 2. The van der Waals surface area contributed by atoms with E-state index in [4.69, 9.17) is 10.5 Å². The van der Waals surface area contributed by atoms with Crippen LogP contribution in [0.4, 0.5) is 10.5 Å². The molecule has 0 bridgehead atoms. The predicted octanol–water partition coefficient (Wildman–Crippen LogP) is 2.65. The standard InChI is InChI=1S/C20H22BrN3O5S/c21-15-3-6-18-14(11-15)12-29-20(26)24(18)16-7-9-23(10-8-16)30(27,28)17-4-1-13(2-5-17)19(22)25/h1,3-6,11,13,16H,2,7-10,12H2,(H2,22,25). The molecular weight excluding hydrogens is 474 g/mol. The maximum absolute atomic E-state index is 13.0. The van der Waals surface area contributed by atoms with E-state index in [0.717, 1.165) is 15.7 Å². The van der Waals surface area contributed by atoms with Gasteiger partial charge in [0.05, 0.1) is 16.5 Å². The number of amides is 2. The van der Waals surface area contributed by atoms with Gasteiger partial charge in [0.25, 0.3) is 0 Å². The van der Waals surface area contributed by atoms with E-state index in [1.165, 1.54) is 10.4 Å². The lowest BCUT2D eigenvalue weighted by molar-refractivity contribution is -0.120. The predicted molar refractivity (Wildman–Crippen MR) is 115 cm³/mol. The Bertz CT molecular complexity index is 1040. The van der Waals surface area contributed by atoms with Crippen LogP contribution in [0.5, 0.6) is 0 Å². The van der Waals surface area contributed by atoms with Gasteiger partial charge in [-0.15, -0.1) is 0 Å². The molecule has 2 heterocycles. The first kappa shape index (κ1) is 21.1. The Labute approximate surface area is 183 Å². The second-order valence-electron chi connectivity index (χ2n) is 7.54. The molecule has 1 atom stereocenters. The lowest BCUT2D eigenvalue weighted by atomic mass is 10.0. The fraction of sp³-hybridized carbons (Fsp3) is 0.400. The number of nitrogens with zero attached hydrogens (tertiary/aromatic N) is 2. The molecule has 1 aliphatic carbocycles. The number of halogens is 1. The molecule has 8 nitrogen and oxygen atoms in total. The number of anilines is 1. The van der Waals surface area contributed by atoms with Crippen molar-refractivity contribution in [3.63, 3.8) is 0 Å². The molecule has 2 aliphatic heterocycles.